The number of hydrogen-bond donors (Lipinski definition) is 0. The first kappa shape index (κ1) is 11.2. The lowest BCUT2D eigenvalue weighted by Crippen LogP contribution is -2.52. The van der Waals surface area contributed by atoms with Crippen LogP contribution in [0.25, 0.3) is 16.9 Å². The van der Waals surface area contributed by atoms with Gasteiger partial charge < -0.3 is 0 Å². The highest BCUT2D eigenvalue weighted by Crippen LogP contribution is 2.40. The van der Waals surface area contributed by atoms with Crippen LogP contribution < -0.4 is 4.57 Å². The Morgan fingerprint density at radius 3 is 2.43 bits per heavy atom. The minimum atomic E-state index is -2.23. The first-order valence-electron chi connectivity index (χ1n) is 9.50. The Morgan fingerprint density at radius 1 is 1.00 bits per heavy atom. The fourth-order valence-electron chi connectivity index (χ4n) is 3.94. The van der Waals surface area contributed by atoms with E-state index in [4.69, 9.17) is 4.11 Å². The van der Waals surface area contributed by atoms with E-state index < -0.39 is 12.4 Å². The topological polar surface area (TPSA) is 8.81 Å². The predicted molar refractivity (Wildman–Crippen MR) is 94.0 cm³/mol. The fourth-order valence-corrected chi connectivity index (χ4v) is 3.94. The van der Waals surface area contributed by atoms with E-state index in [1.807, 2.05) is 59.4 Å². The van der Waals surface area contributed by atoms with E-state index in [-0.39, 0.29) is 0 Å². The zero-order chi connectivity index (χ0) is 18.9. The summed E-state index contributed by atoms with van der Waals surface area (Å²) in [6, 6.07) is 16.2. The van der Waals surface area contributed by atoms with Gasteiger partial charge in [0.25, 0.3) is 5.82 Å². The monoisotopic (exact) mass is 306 g/mol. The molecular formula is C21H23N2+. The maximum Gasteiger partial charge on any atom is 0.259 e. The maximum absolute atomic E-state index is 8.29. The molecule has 4 rings (SSSR count). The third-order valence-electron chi connectivity index (χ3n) is 5.08. The van der Waals surface area contributed by atoms with Gasteiger partial charge in [-0.1, -0.05) is 42.5 Å². The molecule has 1 aliphatic heterocycles. The van der Waals surface area contributed by atoms with Crippen LogP contribution >= 0.6 is 0 Å². The van der Waals surface area contributed by atoms with Crippen LogP contribution in [0, 0.1) is 20.7 Å². The number of aryl methyl sites for hydroxylation is 1. The Labute approximate surface area is 142 Å². The van der Waals surface area contributed by atoms with Crippen LogP contribution in [0.2, 0.25) is 0 Å². The van der Waals surface area contributed by atoms with Gasteiger partial charge in [-0.15, -0.1) is 0 Å². The lowest BCUT2D eigenvalue weighted by molar-refractivity contribution is -0.736. The van der Waals surface area contributed by atoms with Crippen molar-refractivity contribution in [3.63, 3.8) is 0 Å². The average Bonchev–Trinajstić information content (AvgIpc) is 3.00. The highest BCUT2D eigenvalue weighted by atomic mass is 15.2. The van der Waals surface area contributed by atoms with Gasteiger partial charge in [-0.25, -0.2) is 4.57 Å². The van der Waals surface area contributed by atoms with Crippen molar-refractivity contribution in [2.24, 2.45) is 0 Å². The number of aromatic nitrogens is 2. The van der Waals surface area contributed by atoms with Gasteiger partial charge in [0.05, 0.1) is 0 Å². The van der Waals surface area contributed by atoms with E-state index in [9.17, 15) is 0 Å². The van der Waals surface area contributed by atoms with Gasteiger partial charge in [-0.05, 0) is 32.4 Å². The summed E-state index contributed by atoms with van der Waals surface area (Å²) in [5, 5.41) is 0. The molecule has 0 unspecified atom stereocenters. The van der Waals surface area contributed by atoms with Crippen molar-refractivity contribution in [1.29, 1.82) is 0 Å². The van der Waals surface area contributed by atoms with Crippen LogP contribution in [-0.4, -0.2) is 4.57 Å². The van der Waals surface area contributed by atoms with E-state index in [1.165, 1.54) is 5.56 Å². The Morgan fingerprint density at radius 2 is 1.70 bits per heavy atom. The highest BCUT2D eigenvalue weighted by Gasteiger charge is 2.45. The van der Waals surface area contributed by atoms with E-state index >= 15 is 0 Å². The second-order valence-corrected chi connectivity index (χ2v) is 6.82. The normalized spacial score (nSPS) is 17.1. The van der Waals surface area contributed by atoms with Gasteiger partial charge in [0.15, 0.2) is 11.4 Å². The molecule has 23 heavy (non-hydrogen) atoms. The summed E-state index contributed by atoms with van der Waals surface area (Å²) < 4.78 is 28.8. The molecule has 0 spiro atoms. The summed E-state index contributed by atoms with van der Waals surface area (Å²) >= 11 is 0. The molecule has 0 fully saturated rings. The van der Waals surface area contributed by atoms with Gasteiger partial charge in [0.2, 0.25) is 0 Å². The van der Waals surface area contributed by atoms with Crippen LogP contribution in [-0.2, 0) is 5.54 Å². The second kappa shape index (κ2) is 4.58. The van der Waals surface area contributed by atoms with E-state index in [2.05, 4.69) is 26.0 Å². The minimum Gasteiger partial charge on any atom is -0.218 e. The first-order chi connectivity index (χ1) is 12.2. The molecule has 0 atom stereocenters. The third kappa shape index (κ3) is 1.72. The molecule has 2 aromatic carbocycles. The van der Waals surface area contributed by atoms with E-state index in [1.54, 1.807) is 0 Å². The Bertz CT molecular complexity index is 1030. The van der Waals surface area contributed by atoms with Crippen molar-refractivity contribution in [2.75, 3.05) is 0 Å². The largest absolute Gasteiger partial charge is 0.259 e. The molecule has 0 radical (unpaired) electrons. The smallest absolute Gasteiger partial charge is 0.218 e. The number of imidazole rings is 1. The quantitative estimate of drug-likeness (QED) is 0.587. The molecule has 0 bridgehead atoms. The molecule has 0 aliphatic carbocycles. The van der Waals surface area contributed by atoms with Gasteiger partial charge >= 0.3 is 0 Å². The minimum absolute atomic E-state index is 0.362. The number of rotatable bonds is 1. The summed E-state index contributed by atoms with van der Waals surface area (Å²) in [7, 11) is 0. The van der Waals surface area contributed by atoms with Gasteiger partial charge in [-0.3, -0.25) is 0 Å². The molecule has 0 amide bonds. The van der Waals surface area contributed by atoms with Crippen LogP contribution in [0.15, 0.2) is 48.5 Å². The third-order valence-corrected chi connectivity index (χ3v) is 5.08. The number of fused-ring (bicyclic) bond motifs is 3. The van der Waals surface area contributed by atoms with Crippen molar-refractivity contribution in [2.45, 2.75) is 40.1 Å². The average molecular weight is 306 g/mol. The first-order valence-corrected chi connectivity index (χ1v) is 8.00. The van der Waals surface area contributed by atoms with Crippen LogP contribution in [0.1, 0.15) is 40.6 Å². The SMILES string of the molecule is [2H]C([2H])([2H])c1n(-c2ccccc2C)c(C)c2[n+]1C(C)(C)c1ccccc1-2. The molecule has 1 aliphatic rings. The summed E-state index contributed by atoms with van der Waals surface area (Å²) in [4.78, 5) is 0. The fraction of sp³-hybridized carbons (Fsp3) is 0.286. The maximum atomic E-state index is 8.29. The van der Waals surface area contributed by atoms with Crippen molar-refractivity contribution in [1.82, 2.24) is 4.57 Å². The Kier molecular flexibility index (Phi) is 2.23. The molecule has 0 saturated heterocycles. The predicted octanol–water partition coefficient (Wildman–Crippen LogP) is 4.45. The lowest BCUT2D eigenvalue weighted by Gasteiger charge is -2.19. The summed E-state index contributed by atoms with van der Waals surface area (Å²) in [5.41, 5.74) is 5.80. The number of hydrogen-bond acceptors (Lipinski definition) is 0. The van der Waals surface area contributed by atoms with Crippen molar-refractivity contribution < 1.29 is 8.68 Å². The standard InChI is InChI=1S/C21H23N2/c1-14-10-6-9-13-19(14)22-15(2)20-17-11-7-8-12-18(17)21(4,5)23(20)16(22)3/h6-13H,1-5H3/q+1/i3D3. The van der Waals surface area contributed by atoms with E-state index in [0.29, 0.717) is 5.82 Å². The van der Waals surface area contributed by atoms with Crippen molar-refractivity contribution in [3.05, 3.63) is 71.2 Å². The summed E-state index contributed by atoms with van der Waals surface area (Å²) in [6.45, 7) is 6.00. The van der Waals surface area contributed by atoms with Crippen molar-refractivity contribution >= 4 is 0 Å². The summed E-state index contributed by atoms with van der Waals surface area (Å²) in [6.07, 6.45) is 0. The number of nitrogens with zero attached hydrogens (tertiary/aromatic N) is 2. The number of benzene rings is 2. The second-order valence-electron chi connectivity index (χ2n) is 6.82. The molecule has 2 nitrogen and oxygen atoms in total. The van der Waals surface area contributed by atoms with Gasteiger partial charge in [0, 0.05) is 29.0 Å². The van der Waals surface area contributed by atoms with E-state index in [0.717, 1.165) is 28.2 Å². The molecule has 0 N–H and O–H groups in total. The van der Waals surface area contributed by atoms with Gasteiger partial charge in [0.1, 0.15) is 11.2 Å². The highest BCUT2D eigenvalue weighted by molar-refractivity contribution is 5.68. The van der Waals surface area contributed by atoms with Gasteiger partial charge in [-0.2, -0.15) is 4.57 Å². The lowest BCUT2D eigenvalue weighted by atomic mass is 9.93. The summed E-state index contributed by atoms with van der Waals surface area (Å²) in [5.74, 6) is 0.362. The molecule has 0 saturated carbocycles. The Hall–Kier alpha value is -2.35. The molecule has 116 valence electrons. The molecule has 1 aromatic heterocycles. The molecular weight excluding hydrogens is 280 g/mol. The van der Waals surface area contributed by atoms with Crippen LogP contribution in [0.5, 0.6) is 0 Å². The van der Waals surface area contributed by atoms with Crippen molar-refractivity contribution in [3.8, 4) is 16.9 Å². The van der Waals surface area contributed by atoms with Crippen LogP contribution in [0.3, 0.4) is 0 Å². The number of para-hydroxylation sites is 1. The molecule has 2 heteroatoms. The zero-order valence-electron chi connectivity index (χ0n) is 17.0. The molecule has 2 heterocycles. The zero-order valence-corrected chi connectivity index (χ0v) is 14.0. The van der Waals surface area contributed by atoms with Crippen LogP contribution in [0.4, 0.5) is 0 Å². The molecule has 3 aromatic rings. The Balaban J connectivity index is 2.18.